The van der Waals surface area contributed by atoms with E-state index < -0.39 is 0 Å². The van der Waals surface area contributed by atoms with Crippen molar-refractivity contribution in [3.8, 4) is 6.07 Å². The number of nitrogens with one attached hydrogen (secondary N) is 1. The molecule has 0 aromatic carbocycles. The van der Waals surface area contributed by atoms with Gasteiger partial charge in [-0.25, -0.2) is 0 Å². The molecule has 0 bridgehead atoms. The number of rotatable bonds is 5. The van der Waals surface area contributed by atoms with Gasteiger partial charge < -0.3 is 4.74 Å². The quantitative estimate of drug-likeness (QED) is 0.587. The van der Waals surface area contributed by atoms with Crippen molar-refractivity contribution >= 4 is 0 Å². The molecule has 0 aromatic heterocycles. The Bertz CT molecular complexity index is 149. The number of nitrogens with zero attached hydrogens (tertiary/aromatic N) is 1. The summed E-state index contributed by atoms with van der Waals surface area (Å²) in [5.74, 6) is 0.753. The third kappa shape index (κ3) is 2.87. The molecule has 1 N–H and O–H groups in total. The van der Waals surface area contributed by atoms with E-state index in [0.29, 0.717) is 12.6 Å². The molecule has 0 saturated heterocycles. The third-order valence-corrected chi connectivity index (χ3v) is 1.98. The highest BCUT2D eigenvalue weighted by Crippen LogP contribution is 2.32. The van der Waals surface area contributed by atoms with Gasteiger partial charge in [0.2, 0.25) is 0 Å². The first-order valence-electron chi connectivity index (χ1n) is 3.97. The molecule has 1 saturated carbocycles. The van der Waals surface area contributed by atoms with E-state index in [1.165, 1.54) is 12.8 Å². The average molecular weight is 154 g/mol. The highest BCUT2D eigenvalue weighted by atomic mass is 16.5. The van der Waals surface area contributed by atoms with Crippen LogP contribution in [0.2, 0.25) is 0 Å². The molecule has 3 nitrogen and oxygen atoms in total. The first kappa shape index (κ1) is 8.51. The van der Waals surface area contributed by atoms with Crippen LogP contribution < -0.4 is 5.32 Å². The minimum absolute atomic E-state index is 0.402. The average Bonchev–Trinajstić information content (AvgIpc) is 2.80. The van der Waals surface area contributed by atoms with E-state index in [2.05, 4.69) is 11.4 Å². The van der Waals surface area contributed by atoms with E-state index in [1.54, 1.807) is 7.11 Å². The van der Waals surface area contributed by atoms with Gasteiger partial charge in [-0.05, 0) is 18.8 Å². The molecule has 1 rings (SSSR count). The maximum atomic E-state index is 8.33. The van der Waals surface area contributed by atoms with Crippen molar-refractivity contribution in [2.75, 3.05) is 20.3 Å². The van der Waals surface area contributed by atoms with Crippen molar-refractivity contribution in [1.82, 2.24) is 5.32 Å². The van der Waals surface area contributed by atoms with Gasteiger partial charge in [0, 0.05) is 13.2 Å². The predicted molar refractivity (Wildman–Crippen MR) is 42.0 cm³/mol. The number of hydrogen-bond donors (Lipinski definition) is 1. The fraction of sp³-hybridized carbons (Fsp3) is 0.875. The molecule has 0 aliphatic heterocycles. The van der Waals surface area contributed by atoms with Crippen LogP contribution in [0.25, 0.3) is 0 Å². The first-order chi connectivity index (χ1) is 5.38. The largest absolute Gasteiger partial charge is 0.383 e. The summed E-state index contributed by atoms with van der Waals surface area (Å²) in [6, 6.07) is 2.48. The molecule has 1 atom stereocenters. The molecule has 0 spiro atoms. The van der Waals surface area contributed by atoms with E-state index in [1.807, 2.05) is 0 Å². The third-order valence-electron chi connectivity index (χ3n) is 1.98. The summed E-state index contributed by atoms with van der Waals surface area (Å²) in [7, 11) is 1.70. The SMILES string of the molecule is COC[C@H](NCC#N)C1CC1. The van der Waals surface area contributed by atoms with Crippen LogP contribution in [0.4, 0.5) is 0 Å². The Morgan fingerprint density at radius 3 is 2.91 bits per heavy atom. The highest BCUT2D eigenvalue weighted by molar-refractivity contribution is 4.88. The first-order valence-corrected chi connectivity index (χ1v) is 3.97. The number of methoxy groups -OCH3 is 1. The van der Waals surface area contributed by atoms with Crippen LogP contribution in [0.5, 0.6) is 0 Å². The number of ether oxygens (including phenoxy) is 1. The lowest BCUT2D eigenvalue weighted by Crippen LogP contribution is -2.35. The Balaban J connectivity index is 2.16. The molecule has 3 heteroatoms. The van der Waals surface area contributed by atoms with Crippen molar-refractivity contribution in [3.05, 3.63) is 0 Å². The lowest BCUT2D eigenvalue weighted by Gasteiger charge is -2.14. The van der Waals surface area contributed by atoms with E-state index in [-0.39, 0.29) is 0 Å². The summed E-state index contributed by atoms with van der Waals surface area (Å²) in [6.45, 7) is 1.16. The molecule has 0 radical (unpaired) electrons. The zero-order valence-corrected chi connectivity index (χ0v) is 6.84. The van der Waals surface area contributed by atoms with Crippen LogP contribution >= 0.6 is 0 Å². The van der Waals surface area contributed by atoms with Gasteiger partial charge in [0.1, 0.15) is 0 Å². The van der Waals surface area contributed by atoms with Gasteiger partial charge in [0.25, 0.3) is 0 Å². The maximum Gasteiger partial charge on any atom is 0.0843 e. The van der Waals surface area contributed by atoms with Crippen LogP contribution in [-0.2, 0) is 4.74 Å². The fourth-order valence-electron chi connectivity index (χ4n) is 1.22. The lowest BCUT2D eigenvalue weighted by atomic mass is 10.2. The molecule has 0 heterocycles. The van der Waals surface area contributed by atoms with Gasteiger partial charge in [-0.2, -0.15) is 5.26 Å². The molecule has 1 aliphatic rings. The molecule has 0 unspecified atom stereocenters. The van der Waals surface area contributed by atoms with Crippen LogP contribution in [0.15, 0.2) is 0 Å². The maximum absolute atomic E-state index is 8.33. The summed E-state index contributed by atoms with van der Waals surface area (Å²) in [5.41, 5.74) is 0. The molecular formula is C8H14N2O. The van der Waals surface area contributed by atoms with E-state index >= 15 is 0 Å². The van der Waals surface area contributed by atoms with E-state index in [9.17, 15) is 0 Å². The second-order valence-electron chi connectivity index (χ2n) is 2.94. The molecule has 62 valence electrons. The van der Waals surface area contributed by atoms with Crippen LogP contribution in [0.3, 0.4) is 0 Å². The Morgan fingerprint density at radius 1 is 1.73 bits per heavy atom. The second kappa shape index (κ2) is 4.32. The fourth-order valence-corrected chi connectivity index (χ4v) is 1.22. The number of nitriles is 1. The van der Waals surface area contributed by atoms with Crippen LogP contribution in [0.1, 0.15) is 12.8 Å². The van der Waals surface area contributed by atoms with Gasteiger partial charge in [-0.1, -0.05) is 0 Å². The molecule has 0 aromatic rings. The Kier molecular flexibility index (Phi) is 3.34. The van der Waals surface area contributed by atoms with Crippen molar-refractivity contribution in [1.29, 1.82) is 5.26 Å². The Labute approximate surface area is 67.3 Å². The Morgan fingerprint density at radius 2 is 2.45 bits per heavy atom. The van der Waals surface area contributed by atoms with Crippen molar-refractivity contribution in [2.24, 2.45) is 5.92 Å². The highest BCUT2D eigenvalue weighted by Gasteiger charge is 2.30. The molecule has 0 amide bonds. The molecule has 11 heavy (non-hydrogen) atoms. The minimum Gasteiger partial charge on any atom is -0.383 e. The van der Waals surface area contributed by atoms with Crippen LogP contribution in [0, 0.1) is 17.2 Å². The van der Waals surface area contributed by atoms with Crippen molar-refractivity contribution in [2.45, 2.75) is 18.9 Å². The lowest BCUT2D eigenvalue weighted by molar-refractivity contribution is 0.159. The van der Waals surface area contributed by atoms with Crippen molar-refractivity contribution in [3.63, 3.8) is 0 Å². The molecular weight excluding hydrogens is 140 g/mol. The second-order valence-corrected chi connectivity index (χ2v) is 2.94. The molecule has 1 fully saturated rings. The topological polar surface area (TPSA) is 45.0 Å². The van der Waals surface area contributed by atoms with Gasteiger partial charge in [-0.15, -0.1) is 0 Å². The van der Waals surface area contributed by atoms with Gasteiger partial charge in [-0.3, -0.25) is 5.32 Å². The monoisotopic (exact) mass is 154 g/mol. The summed E-state index contributed by atoms with van der Waals surface area (Å²) in [5, 5.41) is 11.5. The Hall–Kier alpha value is -0.590. The smallest absolute Gasteiger partial charge is 0.0843 e. The summed E-state index contributed by atoms with van der Waals surface area (Å²) >= 11 is 0. The minimum atomic E-state index is 0.402. The van der Waals surface area contributed by atoms with Gasteiger partial charge >= 0.3 is 0 Å². The predicted octanol–water partition coefficient (Wildman–Crippen LogP) is 0.525. The van der Waals surface area contributed by atoms with E-state index in [0.717, 1.165) is 12.5 Å². The van der Waals surface area contributed by atoms with E-state index in [4.69, 9.17) is 10.00 Å². The van der Waals surface area contributed by atoms with Gasteiger partial charge in [0.05, 0.1) is 19.2 Å². The summed E-state index contributed by atoms with van der Waals surface area (Å²) < 4.78 is 5.03. The summed E-state index contributed by atoms with van der Waals surface area (Å²) in [4.78, 5) is 0. The zero-order valence-electron chi connectivity index (χ0n) is 6.84. The van der Waals surface area contributed by atoms with Gasteiger partial charge in [0.15, 0.2) is 0 Å². The number of hydrogen-bond acceptors (Lipinski definition) is 3. The summed E-state index contributed by atoms with van der Waals surface area (Å²) in [6.07, 6.45) is 2.57. The van der Waals surface area contributed by atoms with Crippen molar-refractivity contribution < 1.29 is 4.74 Å². The standard InChI is InChI=1S/C8H14N2O/c1-11-6-8(7-2-3-7)10-5-4-9/h7-8,10H,2-3,5-6H2,1H3/t8-/m0/s1. The zero-order chi connectivity index (χ0) is 8.10. The normalized spacial score (nSPS) is 19.3. The van der Waals surface area contributed by atoms with Crippen LogP contribution in [-0.4, -0.2) is 26.3 Å². The molecule has 1 aliphatic carbocycles.